The van der Waals surface area contributed by atoms with Crippen molar-refractivity contribution in [3.8, 4) is 11.5 Å². The molecule has 1 aromatic heterocycles. The van der Waals surface area contributed by atoms with E-state index in [2.05, 4.69) is 0 Å². The number of benzene rings is 2. The maximum Gasteiger partial charge on any atom is 0.449 e. The number of para-hydroxylation sites is 1. The van der Waals surface area contributed by atoms with Crippen molar-refractivity contribution in [3.63, 3.8) is 0 Å². The number of nitrogens with zero attached hydrogens (tertiary/aromatic N) is 1. The lowest BCUT2D eigenvalue weighted by Crippen LogP contribution is -2.41. The summed E-state index contributed by atoms with van der Waals surface area (Å²) in [6, 6.07) is 11.8. The molecular weight excluding hydrogens is 415 g/mol. The molecular formula is C22H16F3NO5. The van der Waals surface area contributed by atoms with Gasteiger partial charge in [0.2, 0.25) is 12.6 Å². The first-order valence-electron chi connectivity index (χ1n) is 9.40. The zero-order valence-corrected chi connectivity index (χ0v) is 16.2. The average molecular weight is 431 g/mol. The molecule has 9 heteroatoms. The molecule has 3 aromatic rings. The Kier molecular flexibility index (Phi) is 4.10. The number of hydrogen-bond donors (Lipinski definition) is 1. The number of anilines is 1. The van der Waals surface area contributed by atoms with Gasteiger partial charge in [0, 0.05) is 11.1 Å². The van der Waals surface area contributed by atoms with Crippen molar-refractivity contribution in [2.24, 2.45) is 0 Å². The molecule has 0 spiro atoms. The predicted molar refractivity (Wildman–Crippen MR) is 102 cm³/mol. The Morgan fingerprint density at radius 2 is 1.77 bits per heavy atom. The first kappa shape index (κ1) is 19.5. The van der Waals surface area contributed by atoms with Gasteiger partial charge in [-0.2, -0.15) is 13.2 Å². The molecule has 0 radical (unpaired) electrons. The summed E-state index contributed by atoms with van der Waals surface area (Å²) in [5.74, 6) is -0.985. The van der Waals surface area contributed by atoms with E-state index < -0.39 is 23.4 Å². The third-order valence-electron chi connectivity index (χ3n) is 5.50. The summed E-state index contributed by atoms with van der Waals surface area (Å²) in [5, 5.41) is 11.7. The topological polar surface area (TPSA) is 72.1 Å². The van der Waals surface area contributed by atoms with Crippen LogP contribution < -0.4 is 14.4 Å². The summed E-state index contributed by atoms with van der Waals surface area (Å²) in [6.45, 7) is 1.50. The quantitative estimate of drug-likeness (QED) is 0.676. The molecule has 1 N–H and O–H groups in total. The van der Waals surface area contributed by atoms with Crippen LogP contribution in [-0.2, 0) is 23.1 Å². The Bertz CT molecular complexity index is 1200. The number of alkyl halides is 3. The lowest BCUT2D eigenvalue weighted by Gasteiger charge is -2.25. The van der Waals surface area contributed by atoms with E-state index in [0.29, 0.717) is 33.9 Å². The van der Waals surface area contributed by atoms with Gasteiger partial charge < -0.3 is 23.9 Å². The zero-order valence-electron chi connectivity index (χ0n) is 16.2. The number of carbonyl (C=O) groups is 1. The molecule has 0 fully saturated rings. The minimum absolute atomic E-state index is 0.0351. The Hall–Kier alpha value is -3.46. The van der Waals surface area contributed by atoms with E-state index in [1.165, 1.54) is 11.0 Å². The Morgan fingerprint density at radius 3 is 2.48 bits per heavy atom. The third kappa shape index (κ3) is 2.88. The second kappa shape index (κ2) is 6.52. The van der Waals surface area contributed by atoms with Crippen molar-refractivity contribution >= 4 is 11.6 Å². The molecule has 1 amide bonds. The predicted octanol–water partition coefficient (Wildman–Crippen LogP) is 4.12. The van der Waals surface area contributed by atoms with Crippen LogP contribution in [0.1, 0.15) is 28.2 Å². The summed E-state index contributed by atoms with van der Waals surface area (Å²) >= 11 is 0. The maximum atomic E-state index is 13.5. The van der Waals surface area contributed by atoms with Crippen LogP contribution in [-0.4, -0.2) is 17.8 Å². The largest absolute Gasteiger partial charge is 0.455 e. The van der Waals surface area contributed by atoms with Crippen LogP contribution in [0.5, 0.6) is 11.5 Å². The van der Waals surface area contributed by atoms with E-state index in [9.17, 15) is 23.1 Å². The van der Waals surface area contributed by atoms with Crippen molar-refractivity contribution in [1.29, 1.82) is 0 Å². The molecule has 0 saturated heterocycles. The van der Waals surface area contributed by atoms with Gasteiger partial charge in [-0.25, -0.2) is 0 Å². The average Bonchev–Trinajstić information content (AvgIpc) is 3.43. The number of furan rings is 1. The minimum atomic E-state index is -4.63. The van der Waals surface area contributed by atoms with Gasteiger partial charge >= 0.3 is 6.18 Å². The number of halogens is 3. The fourth-order valence-corrected chi connectivity index (χ4v) is 4.06. The normalized spacial score (nSPS) is 19.8. The van der Waals surface area contributed by atoms with Crippen molar-refractivity contribution in [1.82, 2.24) is 0 Å². The number of fused-ring (bicyclic) bond motifs is 2. The fraction of sp³-hybridized carbons (Fsp3) is 0.227. The molecule has 1 atom stereocenters. The lowest BCUT2D eigenvalue weighted by molar-refractivity contribution is -0.153. The SMILES string of the molecule is Cc1cc2c(cc1C1(O)C(=O)N(Cc3ccc(C(F)(F)F)o3)c3ccccc31)OCO2. The van der Waals surface area contributed by atoms with E-state index >= 15 is 0 Å². The first-order valence-corrected chi connectivity index (χ1v) is 9.40. The van der Waals surface area contributed by atoms with Gasteiger partial charge in [0.15, 0.2) is 17.1 Å². The van der Waals surface area contributed by atoms with Crippen LogP contribution in [0, 0.1) is 6.92 Å². The Balaban J connectivity index is 1.58. The zero-order chi connectivity index (χ0) is 22.0. The molecule has 0 aliphatic carbocycles. The lowest BCUT2D eigenvalue weighted by atomic mass is 9.84. The highest BCUT2D eigenvalue weighted by Gasteiger charge is 2.52. The van der Waals surface area contributed by atoms with Crippen LogP contribution in [0.3, 0.4) is 0 Å². The summed E-state index contributed by atoms with van der Waals surface area (Å²) in [7, 11) is 0. The van der Waals surface area contributed by atoms with Gasteiger partial charge in [-0.1, -0.05) is 18.2 Å². The number of aryl methyl sites for hydroxylation is 1. The van der Waals surface area contributed by atoms with Crippen LogP contribution in [0.2, 0.25) is 0 Å². The van der Waals surface area contributed by atoms with Gasteiger partial charge in [-0.05, 0) is 42.8 Å². The maximum absolute atomic E-state index is 13.5. The number of ether oxygens (including phenoxy) is 2. The molecule has 3 heterocycles. The molecule has 5 rings (SSSR count). The Labute approximate surface area is 174 Å². The number of aliphatic hydroxyl groups is 1. The van der Waals surface area contributed by atoms with Crippen LogP contribution >= 0.6 is 0 Å². The number of hydrogen-bond acceptors (Lipinski definition) is 5. The molecule has 1 unspecified atom stereocenters. The summed E-state index contributed by atoms with van der Waals surface area (Å²) in [5.41, 5.74) is -0.413. The van der Waals surface area contributed by atoms with E-state index in [1.54, 1.807) is 43.3 Å². The number of carbonyl (C=O) groups excluding carboxylic acids is 1. The number of rotatable bonds is 3. The molecule has 6 nitrogen and oxygen atoms in total. The standard InChI is InChI=1S/C22H16F3NO5/c1-12-8-17-18(30-11-29-17)9-15(12)21(28)14-4-2-3-5-16(14)26(20(21)27)10-13-6-7-19(31-13)22(23,24)25/h2-9,28H,10-11H2,1H3. The molecule has 2 aromatic carbocycles. The van der Waals surface area contributed by atoms with E-state index in [-0.39, 0.29) is 19.1 Å². The van der Waals surface area contributed by atoms with Gasteiger partial charge in [-0.3, -0.25) is 4.79 Å². The monoisotopic (exact) mass is 431 g/mol. The summed E-state index contributed by atoms with van der Waals surface area (Å²) < 4.78 is 54.3. The highest BCUT2D eigenvalue weighted by Crippen LogP contribution is 2.48. The van der Waals surface area contributed by atoms with Crippen molar-refractivity contribution in [3.05, 3.63) is 76.7 Å². The van der Waals surface area contributed by atoms with E-state index in [0.717, 1.165) is 6.07 Å². The van der Waals surface area contributed by atoms with Crippen molar-refractivity contribution < 1.29 is 37.0 Å². The number of amides is 1. The summed E-state index contributed by atoms with van der Waals surface area (Å²) in [6.07, 6.45) is -4.63. The highest BCUT2D eigenvalue weighted by molar-refractivity contribution is 6.09. The van der Waals surface area contributed by atoms with Gasteiger partial charge in [0.25, 0.3) is 5.91 Å². The fourth-order valence-electron chi connectivity index (χ4n) is 4.06. The van der Waals surface area contributed by atoms with E-state index in [1.807, 2.05) is 0 Å². The van der Waals surface area contributed by atoms with Crippen LogP contribution in [0.4, 0.5) is 18.9 Å². The molecule has 0 saturated carbocycles. The van der Waals surface area contributed by atoms with Crippen molar-refractivity contribution in [2.75, 3.05) is 11.7 Å². The van der Waals surface area contributed by atoms with Gasteiger partial charge in [0.1, 0.15) is 5.76 Å². The molecule has 160 valence electrons. The molecule has 2 aliphatic rings. The highest BCUT2D eigenvalue weighted by atomic mass is 19.4. The molecule has 0 bridgehead atoms. The second-order valence-electron chi connectivity index (χ2n) is 7.40. The summed E-state index contributed by atoms with van der Waals surface area (Å²) in [4.78, 5) is 14.7. The van der Waals surface area contributed by atoms with Crippen molar-refractivity contribution in [2.45, 2.75) is 25.2 Å². The second-order valence-corrected chi connectivity index (χ2v) is 7.40. The van der Waals surface area contributed by atoms with E-state index in [4.69, 9.17) is 13.9 Å². The van der Waals surface area contributed by atoms with Crippen LogP contribution in [0.15, 0.2) is 52.9 Å². The molecule has 2 aliphatic heterocycles. The minimum Gasteiger partial charge on any atom is -0.455 e. The Morgan fingerprint density at radius 1 is 1.06 bits per heavy atom. The third-order valence-corrected chi connectivity index (χ3v) is 5.50. The van der Waals surface area contributed by atoms with Crippen LogP contribution in [0.25, 0.3) is 0 Å². The van der Waals surface area contributed by atoms with Gasteiger partial charge in [0.05, 0.1) is 12.2 Å². The first-order chi connectivity index (χ1) is 14.7. The molecule has 31 heavy (non-hydrogen) atoms. The van der Waals surface area contributed by atoms with Gasteiger partial charge in [-0.15, -0.1) is 0 Å². The smallest absolute Gasteiger partial charge is 0.449 e.